The molecule has 162 valence electrons. The Morgan fingerprint density at radius 2 is 1.60 bits per heavy atom. The first kappa shape index (κ1) is 22.2. The quantitative estimate of drug-likeness (QED) is 0.707. The number of hydrogen-bond donors (Lipinski definition) is 1. The molecule has 0 aliphatic carbocycles. The summed E-state index contributed by atoms with van der Waals surface area (Å²) in [6.07, 6.45) is 0.885. The lowest BCUT2D eigenvalue weighted by Gasteiger charge is -2.42. The molecule has 0 spiro atoms. The van der Waals surface area contributed by atoms with Crippen LogP contribution in [0.3, 0.4) is 0 Å². The molecule has 1 aliphatic rings. The van der Waals surface area contributed by atoms with Crippen molar-refractivity contribution >= 4 is 5.91 Å². The Morgan fingerprint density at radius 3 is 2.17 bits per heavy atom. The van der Waals surface area contributed by atoms with Crippen LogP contribution in [0.5, 0.6) is 11.5 Å². The minimum atomic E-state index is -0.341. The van der Waals surface area contributed by atoms with Gasteiger partial charge in [0, 0.05) is 29.6 Å². The van der Waals surface area contributed by atoms with Crippen molar-refractivity contribution in [2.24, 2.45) is 0 Å². The van der Waals surface area contributed by atoms with Gasteiger partial charge in [-0.3, -0.25) is 9.69 Å². The molecule has 0 saturated carbocycles. The lowest BCUT2D eigenvalue weighted by molar-refractivity contribution is 0.0920. The molecule has 0 fully saturated rings. The van der Waals surface area contributed by atoms with E-state index in [0.717, 1.165) is 18.5 Å². The molecule has 0 saturated heterocycles. The maximum Gasteiger partial charge on any atom is 0.251 e. The Kier molecular flexibility index (Phi) is 6.71. The largest absolute Gasteiger partial charge is 0.493 e. The van der Waals surface area contributed by atoms with Crippen LogP contribution in [0, 0.1) is 0 Å². The number of fused-ring (bicyclic) bond motifs is 1. The van der Waals surface area contributed by atoms with Gasteiger partial charge in [-0.2, -0.15) is 0 Å². The molecule has 0 aromatic heterocycles. The van der Waals surface area contributed by atoms with Crippen LogP contribution in [0.1, 0.15) is 55.6 Å². The van der Waals surface area contributed by atoms with Crippen LogP contribution >= 0.6 is 0 Å². The second-order valence-electron chi connectivity index (χ2n) is 8.56. The zero-order valence-electron chi connectivity index (χ0n) is 19.0. The summed E-state index contributed by atoms with van der Waals surface area (Å²) in [5.74, 6) is 1.15. The third kappa shape index (κ3) is 4.04. The molecule has 1 heterocycles. The zero-order chi connectivity index (χ0) is 21.9. The standard InChI is InChI=1S/C25H34N2O3/c1-17(2)27(18(3)4)13-12-25(19-10-8-7-9-11-19)16-26-24(28)20-14-22(29-5)23(30-6)15-21(20)25/h7-11,14-15,17-18H,12-13,16H2,1-6H3,(H,26,28). The van der Waals surface area contributed by atoms with E-state index in [1.807, 2.05) is 18.2 Å². The predicted molar refractivity (Wildman–Crippen MR) is 121 cm³/mol. The molecule has 5 heteroatoms. The summed E-state index contributed by atoms with van der Waals surface area (Å²) in [4.78, 5) is 15.3. The number of hydrogen-bond acceptors (Lipinski definition) is 4. The smallest absolute Gasteiger partial charge is 0.251 e. The van der Waals surface area contributed by atoms with E-state index < -0.39 is 0 Å². The van der Waals surface area contributed by atoms with Gasteiger partial charge in [0.15, 0.2) is 11.5 Å². The predicted octanol–water partition coefficient (Wildman–Crippen LogP) is 4.24. The summed E-state index contributed by atoms with van der Waals surface area (Å²) in [6.45, 7) is 10.4. The summed E-state index contributed by atoms with van der Waals surface area (Å²) in [6, 6.07) is 15.2. The molecule has 1 amide bonds. The number of ether oxygens (including phenoxy) is 2. The van der Waals surface area contributed by atoms with Crippen molar-refractivity contribution in [2.45, 2.75) is 51.6 Å². The zero-order valence-corrected chi connectivity index (χ0v) is 19.0. The van der Waals surface area contributed by atoms with Crippen molar-refractivity contribution < 1.29 is 14.3 Å². The maximum absolute atomic E-state index is 12.8. The van der Waals surface area contributed by atoms with Crippen LogP contribution in [0.25, 0.3) is 0 Å². The third-order valence-corrected chi connectivity index (χ3v) is 6.28. The lowest BCUT2D eigenvalue weighted by Crippen LogP contribution is -2.50. The molecular formula is C25H34N2O3. The van der Waals surface area contributed by atoms with Crippen molar-refractivity contribution in [1.29, 1.82) is 0 Å². The average molecular weight is 411 g/mol. The number of benzene rings is 2. The number of amides is 1. The summed E-state index contributed by atoms with van der Waals surface area (Å²) < 4.78 is 11.1. The van der Waals surface area contributed by atoms with E-state index in [0.29, 0.717) is 35.7 Å². The Morgan fingerprint density at radius 1 is 1.00 bits per heavy atom. The monoisotopic (exact) mass is 410 g/mol. The van der Waals surface area contributed by atoms with Gasteiger partial charge >= 0.3 is 0 Å². The van der Waals surface area contributed by atoms with Gasteiger partial charge in [0.05, 0.1) is 14.2 Å². The van der Waals surface area contributed by atoms with E-state index in [4.69, 9.17) is 9.47 Å². The number of carbonyl (C=O) groups is 1. The molecular weight excluding hydrogens is 376 g/mol. The van der Waals surface area contributed by atoms with E-state index in [-0.39, 0.29) is 11.3 Å². The van der Waals surface area contributed by atoms with Crippen molar-refractivity contribution in [3.63, 3.8) is 0 Å². The summed E-state index contributed by atoms with van der Waals surface area (Å²) in [5, 5.41) is 3.14. The van der Waals surface area contributed by atoms with Gasteiger partial charge in [-0.05, 0) is 63.9 Å². The van der Waals surface area contributed by atoms with Crippen LogP contribution < -0.4 is 14.8 Å². The molecule has 30 heavy (non-hydrogen) atoms. The maximum atomic E-state index is 12.8. The molecule has 0 radical (unpaired) electrons. The van der Waals surface area contributed by atoms with Gasteiger partial charge in [0.25, 0.3) is 5.91 Å². The fourth-order valence-electron chi connectivity index (χ4n) is 4.70. The molecule has 1 aliphatic heterocycles. The van der Waals surface area contributed by atoms with E-state index in [2.05, 4.69) is 62.2 Å². The first-order valence-electron chi connectivity index (χ1n) is 10.7. The van der Waals surface area contributed by atoms with Crippen LogP contribution in [-0.2, 0) is 5.41 Å². The van der Waals surface area contributed by atoms with Gasteiger partial charge in [0.2, 0.25) is 0 Å². The highest BCUT2D eigenvalue weighted by molar-refractivity contribution is 5.98. The fourth-order valence-corrected chi connectivity index (χ4v) is 4.70. The number of nitrogens with one attached hydrogen (secondary N) is 1. The summed E-state index contributed by atoms with van der Waals surface area (Å²) in [7, 11) is 3.23. The Hall–Kier alpha value is -2.53. The molecule has 5 nitrogen and oxygen atoms in total. The number of methoxy groups -OCH3 is 2. The topological polar surface area (TPSA) is 50.8 Å². The molecule has 1 unspecified atom stereocenters. The van der Waals surface area contributed by atoms with Crippen LogP contribution in [0.15, 0.2) is 42.5 Å². The Labute approximate surface area is 180 Å². The minimum Gasteiger partial charge on any atom is -0.493 e. The van der Waals surface area contributed by atoms with E-state index >= 15 is 0 Å². The van der Waals surface area contributed by atoms with Crippen molar-refractivity contribution in [1.82, 2.24) is 10.2 Å². The average Bonchev–Trinajstić information content (AvgIpc) is 2.74. The van der Waals surface area contributed by atoms with Crippen LogP contribution in [0.2, 0.25) is 0 Å². The highest BCUT2D eigenvalue weighted by Crippen LogP contribution is 2.44. The normalized spacial score (nSPS) is 18.5. The second kappa shape index (κ2) is 9.09. The fraction of sp³-hybridized carbons (Fsp3) is 0.480. The van der Waals surface area contributed by atoms with Crippen molar-refractivity contribution in [3.05, 3.63) is 59.2 Å². The van der Waals surface area contributed by atoms with Gasteiger partial charge in [-0.15, -0.1) is 0 Å². The molecule has 3 rings (SSSR count). The lowest BCUT2D eigenvalue weighted by atomic mass is 9.68. The van der Waals surface area contributed by atoms with Crippen molar-refractivity contribution in [3.8, 4) is 11.5 Å². The minimum absolute atomic E-state index is 0.0675. The van der Waals surface area contributed by atoms with Gasteiger partial charge < -0.3 is 14.8 Å². The number of nitrogens with zero attached hydrogens (tertiary/aromatic N) is 1. The highest BCUT2D eigenvalue weighted by Gasteiger charge is 2.42. The summed E-state index contributed by atoms with van der Waals surface area (Å²) >= 11 is 0. The van der Waals surface area contributed by atoms with Gasteiger partial charge in [-0.1, -0.05) is 30.3 Å². The second-order valence-corrected chi connectivity index (χ2v) is 8.56. The molecule has 2 aromatic rings. The van der Waals surface area contributed by atoms with Crippen LogP contribution in [0.4, 0.5) is 0 Å². The van der Waals surface area contributed by atoms with Crippen molar-refractivity contribution in [2.75, 3.05) is 27.3 Å². The van der Waals surface area contributed by atoms with Gasteiger partial charge in [0.1, 0.15) is 0 Å². The van der Waals surface area contributed by atoms with E-state index in [1.54, 1.807) is 14.2 Å². The Bertz CT molecular complexity index is 871. The SMILES string of the molecule is COc1cc2c(cc1OC)C(CCN(C(C)C)C(C)C)(c1ccccc1)CNC2=O. The first-order chi connectivity index (χ1) is 14.3. The third-order valence-electron chi connectivity index (χ3n) is 6.28. The molecule has 2 aromatic carbocycles. The highest BCUT2D eigenvalue weighted by atomic mass is 16.5. The van der Waals surface area contributed by atoms with E-state index in [1.165, 1.54) is 5.56 Å². The van der Waals surface area contributed by atoms with Crippen LogP contribution in [-0.4, -0.2) is 50.2 Å². The number of carbonyl (C=O) groups excluding carboxylic acids is 1. The number of rotatable bonds is 8. The molecule has 1 N–H and O–H groups in total. The summed E-state index contributed by atoms with van der Waals surface area (Å²) in [5.41, 5.74) is 2.52. The first-order valence-corrected chi connectivity index (χ1v) is 10.7. The molecule has 0 bridgehead atoms. The van der Waals surface area contributed by atoms with E-state index in [9.17, 15) is 4.79 Å². The Balaban J connectivity index is 2.17. The van der Waals surface area contributed by atoms with Gasteiger partial charge in [-0.25, -0.2) is 0 Å². The molecule has 1 atom stereocenters.